The van der Waals surface area contributed by atoms with Crippen molar-refractivity contribution in [1.29, 1.82) is 0 Å². The molecule has 0 bridgehead atoms. The summed E-state index contributed by atoms with van der Waals surface area (Å²) < 4.78 is 4.62. The highest BCUT2D eigenvalue weighted by Crippen LogP contribution is 2.18. The van der Waals surface area contributed by atoms with E-state index in [2.05, 4.69) is 4.74 Å². The van der Waals surface area contributed by atoms with Crippen LogP contribution in [-0.2, 0) is 14.3 Å². The molecule has 0 atom stereocenters. The van der Waals surface area contributed by atoms with Gasteiger partial charge in [0, 0.05) is 13.1 Å². The number of likely N-dealkylation sites (tertiary alicyclic amines) is 1. The van der Waals surface area contributed by atoms with Crippen molar-refractivity contribution in [3.63, 3.8) is 0 Å². The molecule has 1 aliphatic rings. The highest BCUT2D eigenvalue weighted by Gasteiger charge is 2.27. The number of rotatable bonds is 2. The molecule has 1 heterocycles. The molecule has 1 aliphatic heterocycles. The van der Waals surface area contributed by atoms with Gasteiger partial charge in [-0.05, 0) is 12.8 Å². The van der Waals surface area contributed by atoms with Crippen LogP contribution >= 0.6 is 0 Å². The van der Waals surface area contributed by atoms with E-state index in [1.165, 1.54) is 7.11 Å². The van der Waals surface area contributed by atoms with E-state index in [4.69, 9.17) is 5.11 Å². The van der Waals surface area contributed by atoms with Crippen LogP contribution in [0.4, 0.5) is 0 Å². The number of esters is 1. The number of carbonyl (C=O) groups excluding carboxylic acids is 2. The number of methoxy groups -OCH3 is 1. The number of nitrogens with zero attached hydrogens (tertiary/aromatic N) is 1. The van der Waals surface area contributed by atoms with E-state index in [0.717, 1.165) is 0 Å². The van der Waals surface area contributed by atoms with E-state index in [1.54, 1.807) is 4.90 Å². The molecule has 0 spiro atoms. The molecule has 0 aromatic rings. The molecule has 1 fully saturated rings. The summed E-state index contributed by atoms with van der Waals surface area (Å²) in [6, 6.07) is 0. The molecule has 0 aromatic heterocycles. The predicted molar refractivity (Wildman–Crippen MR) is 48.4 cm³/mol. The standard InChI is InChI=1S/C9H15NO4/c1-14-9(13)7-2-4-10(5-3-7)8(12)6-11/h7,11H,2-6H2,1H3. The smallest absolute Gasteiger partial charge is 0.308 e. The fraction of sp³-hybridized carbons (Fsp3) is 0.778. The molecule has 0 unspecified atom stereocenters. The van der Waals surface area contributed by atoms with Crippen molar-refractivity contribution in [1.82, 2.24) is 4.90 Å². The van der Waals surface area contributed by atoms with Gasteiger partial charge in [-0.15, -0.1) is 0 Å². The maximum atomic E-state index is 11.1. The third-order valence-corrected chi connectivity index (χ3v) is 2.52. The minimum atomic E-state index is -0.455. The predicted octanol–water partition coefficient (Wildman–Crippen LogP) is -0.610. The average Bonchev–Trinajstić information content (AvgIpc) is 2.27. The average molecular weight is 201 g/mol. The summed E-state index contributed by atoms with van der Waals surface area (Å²) in [5.41, 5.74) is 0. The summed E-state index contributed by atoms with van der Waals surface area (Å²) in [6.45, 7) is 0.598. The maximum Gasteiger partial charge on any atom is 0.308 e. The lowest BCUT2D eigenvalue weighted by Gasteiger charge is -2.30. The number of carbonyl (C=O) groups is 2. The molecule has 0 radical (unpaired) electrons. The van der Waals surface area contributed by atoms with E-state index in [1.807, 2.05) is 0 Å². The Hall–Kier alpha value is -1.10. The van der Waals surface area contributed by atoms with Gasteiger partial charge in [0.15, 0.2) is 0 Å². The number of amides is 1. The third kappa shape index (κ3) is 2.45. The van der Waals surface area contributed by atoms with Gasteiger partial charge < -0.3 is 14.7 Å². The monoisotopic (exact) mass is 201 g/mol. The van der Waals surface area contributed by atoms with Gasteiger partial charge in [-0.3, -0.25) is 9.59 Å². The second-order valence-corrected chi connectivity index (χ2v) is 3.34. The molecule has 1 saturated heterocycles. The fourth-order valence-electron chi connectivity index (χ4n) is 1.63. The van der Waals surface area contributed by atoms with Crippen molar-refractivity contribution >= 4 is 11.9 Å². The first-order chi connectivity index (χ1) is 6.69. The first-order valence-corrected chi connectivity index (χ1v) is 4.65. The van der Waals surface area contributed by atoms with Crippen LogP contribution in [0.2, 0.25) is 0 Å². The Kier molecular flexibility index (Phi) is 3.88. The van der Waals surface area contributed by atoms with Crippen molar-refractivity contribution in [2.75, 3.05) is 26.8 Å². The highest BCUT2D eigenvalue weighted by atomic mass is 16.5. The van der Waals surface area contributed by atoms with E-state index >= 15 is 0 Å². The first-order valence-electron chi connectivity index (χ1n) is 4.65. The van der Waals surface area contributed by atoms with Crippen LogP contribution in [0.3, 0.4) is 0 Å². The Balaban J connectivity index is 2.38. The molecule has 14 heavy (non-hydrogen) atoms. The van der Waals surface area contributed by atoms with Crippen LogP contribution in [0.1, 0.15) is 12.8 Å². The van der Waals surface area contributed by atoms with Crippen molar-refractivity contribution in [3.8, 4) is 0 Å². The minimum Gasteiger partial charge on any atom is -0.469 e. The molecule has 1 amide bonds. The van der Waals surface area contributed by atoms with Gasteiger partial charge >= 0.3 is 5.97 Å². The topological polar surface area (TPSA) is 66.8 Å². The number of hydrogen-bond acceptors (Lipinski definition) is 4. The third-order valence-electron chi connectivity index (χ3n) is 2.52. The number of aliphatic hydroxyl groups is 1. The molecule has 5 nitrogen and oxygen atoms in total. The molecular formula is C9H15NO4. The molecular weight excluding hydrogens is 186 g/mol. The van der Waals surface area contributed by atoms with Gasteiger partial charge in [-0.25, -0.2) is 0 Å². The zero-order valence-corrected chi connectivity index (χ0v) is 8.23. The molecule has 0 aromatic carbocycles. The van der Waals surface area contributed by atoms with Crippen LogP contribution in [0.5, 0.6) is 0 Å². The largest absolute Gasteiger partial charge is 0.469 e. The number of aliphatic hydroxyl groups excluding tert-OH is 1. The van der Waals surface area contributed by atoms with E-state index in [0.29, 0.717) is 25.9 Å². The van der Waals surface area contributed by atoms with E-state index in [9.17, 15) is 9.59 Å². The van der Waals surface area contributed by atoms with Gasteiger partial charge in [-0.1, -0.05) is 0 Å². The Bertz CT molecular complexity index is 197. The summed E-state index contributed by atoms with van der Waals surface area (Å²) in [6.07, 6.45) is 1.25. The summed E-state index contributed by atoms with van der Waals surface area (Å²) >= 11 is 0. The molecule has 0 saturated carbocycles. The molecule has 0 aliphatic carbocycles. The SMILES string of the molecule is COC(=O)C1CCN(C(=O)CO)CC1. The fourth-order valence-corrected chi connectivity index (χ4v) is 1.63. The summed E-state index contributed by atoms with van der Waals surface area (Å²) in [5, 5.41) is 8.63. The van der Waals surface area contributed by atoms with Crippen LogP contribution in [0.25, 0.3) is 0 Å². The van der Waals surface area contributed by atoms with Crippen LogP contribution < -0.4 is 0 Å². The lowest BCUT2D eigenvalue weighted by Crippen LogP contribution is -2.41. The second kappa shape index (κ2) is 4.95. The molecule has 5 heteroatoms. The molecule has 1 N–H and O–H groups in total. The Morgan fingerprint density at radius 3 is 2.43 bits per heavy atom. The van der Waals surface area contributed by atoms with Crippen molar-refractivity contribution in [2.24, 2.45) is 5.92 Å². The highest BCUT2D eigenvalue weighted by molar-refractivity contribution is 5.78. The molecule has 80 valence electrons. The van der Waals surface area contributed by atoms with Gasteiger partial charge in [0.1, 0.15) is 6.61 Å². The Morgan fingerprint density at radius 1 is 1.43 bits per heavy atom. The number of hydrogen-bond donors (Lipinski definition) is 1. The second-order valence-electron chi connectivity index (χ2n) is 3.34. The van der Waals surface area contributed by atoms with E-state index in [-0.39, 0.29) is 17.8 Å². The maximum absolute atomic E-state index is 11.1. The Morgan fingerprint density at radius 2 is 2.00 bits per heavy atom. The van der Waals surface area contributed by atoms with Gasteiger partial charge in [-0.2, -0.15) is 0 Å². The van der Waals surface area contributed by atoms with Crippen LogP contribution in [0.15, 0.2) is 0 Å². The van der Waals surface area contributed by atoms with Crippen LogP contribution in [0, 0.1) is 5.92 Å². The summed E-state index contributed by atoms with van der Waals surface area (Å²) in [5.74, 6) is -0.572. The minimum absolute atomic E-state index is 0.0947. The van der Waals surface area contributed by atoms with Crippen molar-refractivity contribution in [2.45, 2.75) is 12.8 Å². The van der Waals surface area contributed by atoms with Gasteiger partial charge in [0.25, 0.3) is 0 Å². The number of ether oxygens (including phenoxy) is 1. The zero-order valence-electron chi connectivity index (χ0n) is 8.23. The summed E-state index contributed by atoms with van der Waals surface area (Å²) in [7, 11) is 1.37. The van der Waals surface area contributed by atoms with Gasteiger partial charge in [0.2, 0.25) is 5.91 Å². The van der Waals surface area contributed by atoms with Crippen molar-refractivity contribution < 1.29 is 19.4 Å². The quantitative estimate of drug-likeness (QED) is 0.605. The van der Waals surface area contributed by atoms with E-state index < -0.39 is 6.61 Å². The van der Waals surface area contributed by atoms with Gasteiger partial charge in [0.05, 0.1) is 13.0 Å². The lowest BCUT2D eigenvalue weighted by atomic mass is 9.97. The van der Waals surface area contributed by atoms with Crippen molar-refractivity contribution in [3.05, 3.63) is 0 Å². The summed E-state index contributed by atoms with van der Waals surface area (Å²) in [4.78, 5) is 23.8. The number of piperidine rings is 1. The lowest BCUT2D eigenvalue weighted by molar-refractivity contribution is -0.149. The normalized spacial score (nSPS) is 18.0. The Labute approximate surface area is 82.6 Å². The van der Waals surface area contributed by atoms with Crippen LogP contribution in [-0.4, -0.2) is 48.7 Å². The zero-order chi connectivity index (χ0) is 10.6. The first kappa shape index (κ1) is 11.0. The molecule has 1 rings (SSSR count).